The number of nitro groups is 1. The van der Waals surface area contributed by atoms with E-state index in [2.05, 4.69) is 20.8 Å². The minimum Gasteiger partial charge on any atom is -0.497 e. The summed E-state index contributed by atoms with van der Waals surface area (Å²) in [5.41, 5.74) is 1.30. The summed E-state index contributed by atoms with van der Waals surface area (Å²) in [5.74, 6) is 0.919. The first kappa shape index (κ1) is 20.1. The molecule has 2 aromatic carbocycles. The summed E-state index contributed by atoms with van der Waals surface area (Å²) in [4.78, 5) is 22.1. The quantitative estimate of drug-likeness (QED) is 0.307. The molecule has 11 heteroatoms. The Morgan fingerprint density at radius 2 is 1.83 bits per heavy atom. The minimum absolute atomic E-state index is 0.0426. The van der Waals surface area contributed by atoms with E-state index < -0.39 is 4.92 Å². The average molecular weight is 415 g/mol. The van der Waals surface area contributed by atoms with Gasteiger partial charge in [-0.05, 0) is 36.4 Å². The minimum atomic E-state index is -0.502. The van der Waals surface area contributed by atoms with Crippen molar-refractivity contribution in [3.05, 3.63) is 64.5 Å². The Morgan fingerprint density at radius 3 is 2.48 bits per heavy atom. The monoisotopic (exact) mass is 415 g/mol. The third kappa shape index (κ3) is 5.94. The largest absolute Gasteiger partial charge is 0.497 e. The van der Waals surface area contributed by atoms with Gasteiger partial charge in [-0.2, -0.15) is 0 Å². The molecule has 150 valence electrons. The fraction of sp³-hybridized carbons (Fsp3) is 0.167. The molecule has 0 saturated carbocycles. The van der Waals surface area contributed by atoms with Crippen molar-refractivity contribution in [2.45, 2.75) is 11.8 Å². The number of methoxy groups -OCH3 is 1. The molecule has 10 nitrogen and oxygen atoms in total. The Kier molecular flexibility index (Phi) is 6.63. The Labute approximate surface area is 169 Å². The Balaban J connectivity index is 1.44. The van der Waals surface area contributed by atoms with Crippen LogP contribution in [-0.4, -0.2) is 33.9 Å². The maximum Gasteiger partial charge on any atom is 0.277 e. The van der Waals surface area contributed by atoms with Crippen LogP contribution in [0, 0.1) is 10.1 Å². The van der Waals surface area contributed by atoms with Crippen LogP contribution in [0.1, 0.15) is 5.89 Å². The summed E-state index contributed by atoms with van der Waals surface area (Å²) >= 11 is 1.10. The van der Waals surface area contributed by atoms with Gasteiger partial charge in [-0.3, -0.25) is 14.9 Å². The molecule has 0 atom stereocenters. The van der Waals surface area contributed by atoms with Crippen LogP contribution in [0.2, 0.25) is 0 Å². The van der Waals surface area contributed by atoms with Crippen LogP contribution in [0.15, 0.2) is 58.2 Å². The van der Waals surface area contributed by atoms with E-state index in [0.717, 1.165) is 23.2 Å². The van der Waals surface area contributed by atoms with Gasteiger partial charge in [0.1, 0.15) is 5.75 Å². The van der Waals surface area contributed by atoms with Crippen molar-refractivity contribution in [1.82, 2.24) is 10.2 Å². The van der Waals surface area contributed by atoms with E-state index in [1.165, 1.54) is 24.3 Å². The third-order valence-corrected chi connectivity index (χ3v) is 4.49. The molecule has 0 saturated heterocycles. The number of hydrogen-bond donors (Lipinski definition) is 2. The number of benzene rings is 2. The Morgan fingerprint density at radius 1 is 1.14 bits per heavy atom. The zero-order chi connectivity index (χ0) is 20.6. The summed E-state index contributed by atoms with van der Waals surface area (Å²) in [5, 5.41) is 24.5. The number of anilines is 2. The highest BCUT2D eigenvalue weighted by Crippen LogP contribution is 2.20. The molecular weight excluding hydrogens is 398 g/mol. The van der Waals surface area contributed by atoms with Gasteiger partial charge in [0.15, 0.2) is 0 Å². The molecule has 2 N–H and O–H groups in total. The van der Waals surface area contributed by atoms with E-state index >= 15 is 0 Å². The van der Waals surface area contributed by atoms with E-state index in [-0.39, 0.29) is 22.6 Å². The fourth-order valence-electron chi connectivity index (χ4n) is 2.25. The predicted molar refractivity (Wildman–Crippen MR) is 107 cm³/mol. The normalized spacial score (nSPS) is 10.4. The van der Waals surface area contributed by atoms with E-state index in [1.54, 1.807) is 7.11 Å². The predicted octanol–water partition coefficient (Wildman–Crippen LogP) is 3.33. The number of rotatable bonds is 9. The van der Waals surface area contributed by atoms with Crippen molar-refractivity contribution >= 4 is 34.7 Å². The second-order valence-electron chi connectivity index (χ2n) is 5.68. The Bertz CT molecular complexity index is 975. The first-order valence-corrected chi connectivity index (χ1v) is 9.39. The highest BCUT2D eigenvalue weighted by atomic mass is 32.2. The van der Waals surface area contributed by atoms with Gasteiger partial charge in [-0.1, -0.05) is 11.8 Å². The summed E-state index contributed by atoms with van der Waals surface area (Å²) in [6, 6.07) is 13.0. The number of non-ortho nitro benzene ring substituents is 1. The molecule has 29 heavy (non-hydrogen) atoms. The van der Waals surface area contributed by atoms with Gasteiger partial charge in [0, 0.05) is 23.5 Å². The second kappa shape index (κ2) is 9.55. The van der Waals surface area contributed by atoms with Crippen LogP contribution in [-0.2, 0) is 11.3 Å². The number of nitro benzene ring substituents is 1. The number of hydrogen-bond acceptors (Lipinski definition) is 9. The highest BCUT2D eigenvalue weighted by molar-refractivity contribution is 7.99. The van der Waals surface area contributed by atoms with Gasteiger partial charge in [0.2, 0.25) is 11.8 Å². The van der Waals surface area contributed by atoms with Crippen LogP contribution in [0.4, 0.5) is 17.1 Å². The lowest BCUT2D eigenvalue weighted by atomic mass is 10.3. The zero-order valence-electron chi connectivity index (χ0n) is 15.3. The summed E-state index contributed by atoms with van der Waals surface area (Å²) in [6.45, 7) is 0.342. The van der Waals surface area contributed by atoms with E-state index in [9.17, 15) is 14.9 Å². The van der Waals surface area contributed by atoms with E-state index in [4.69, 9.17) is 9.15 Å². The first-order chi connectivity index (χ1) is 14.0. The van der Waals surface area contributed by atoms with Crippen molar-refractivity contribution in [3.8, 4) is 5.75 Å². The van der Waals surface area contributed by atoms with Crippen LogP contribution in [0.3, 0.4) is 0 Å². The Hall–Kier alpha value is -3.60. The lowest BCUT2D eigenvalue weighted by Crippen LogP contribution is -2.13. The number of nitrogens with one attached hydrogen (secondary N) is 2. The van der Waals surface area contributed by atoms with Gasteiger partial charge in [-0.15, -0.1) is 10.2 Å². The zero-order valence-corrected chi connectivity index (χ0v) is 16.1. The maximum absolute atomic E-state index is 12.0. The van der Waals surface area contributed by atoms with Gasteiger partial charge < -0.3 is 19.8 Å². The molecule has 1 amide bonds. The van der Waals surface area contributed by atoms with Crippen molar-refractivity contribution in [2.24, 2.45) is 0 Å². The lowest BCUT2D eigenvalue weighted by Gasteiger charge is -2.04. The summed E-state index contributed by atoms with van der Waals surface area (Å²) in [7, 11) is 1.60. The molecule has 0 fully saturated rings. The number of thioether (sulfide) groups is 1. The number of nitrogens with zero attached hydrogens (tertiary/aromatic N) is 3. The third-order valence-electron chi connectivity index (χ3n) is 3.67. The number of amides is 1. The number of carbonyl (C=O) groups excluding carboxylic acids is 1. The molecule has 3 aromatic rings. The van der Waals surface area contributed by atoms with Crippen molar-refractivity contribution in [3.63, 3.8) is 0 Å². The van der Waals surface area contributed by atoms with Crippen molar-refractivity contribution in [2.75, 3.05) is 23.5 Å². The number of ether oxygens (including phenoxy) is 1. The van der Waals surface area contributed by atoms with Crippen LogP contribution in [0.25, 0.3) is 0 Å². The molecule has 0 aliphatic carbocycles. The van der Waals surface area contributed by atoms with Crippen LogP contribution >= 0.6 is 11.8 Å². The van der Waals surface area contributed by atoms with Gasteiger partial charge in [0.25, 0.3) is 10.9 Å². The maximum atomic E-state index is 12.0. The van der Waals surface area contributed by atoms with Gasteiger partial charge >= 0.3 is 0 Å². The molecule has 0 bridgehead atoms. The molecule has 1 aromatic heterocycles. The fourth-order valence-corrected chi connectivity index (χ4v) is 2.83. The SMILES string of the molecule is COc1ccc(NCc2nnc(SCC(=O)Nc3ccc([N+](=O)[O-])cc3)o2)cc1. The lowest BCUT2D eigenvalue weighted by molar-refractivity contribution is -0.384. The van der Waals surface area contributed by atoms with Gasteiger partial charge in [-0.25, -0.2) is 0 Å². The summed E-state index contributed by atoms with van der Waals surface area (Å²) < 4.78 is 10.6. The average Bonchev–Trinajstić information content (AvgIpc) is 3.19. The molecule has 3 rings (SSSR count). The molecule has 1 heterocycles. The molecular formula is C18H17N5O5S. The van der Waals surface area contributed by atoms with Crippen LogP contribution in [0.5, 0.6) is 5.75 Å². The smallest absolute Gasteiger partial charge is 0.277 e. The second-order valence-corrected chi connectivity index (χ2v) is 6.61. The van der Waals surface area contributed by atoms with Gasteiger partial charge in [0.05, 0.1) is 24.3 Å². The number of aromatic nitrogens is 2. The van der Waals surface area contributed by atoms with Crippen LogP contribution < -0.4 is 15.4 Å². The molecule has 0 spiro atoms. The molecule has 0 aliphatic heterocycles. The molecule has 0 unspecified atom stereocenters. The van der Waals surface area contributed by atoms with E-state index in [1.807, 2.05) is 24.3 Å². The molecule has 0 radical (unpaired) electrons. The van der Waals surface area contributed by atoms with E-state index in [0.29, 0.717) is 18.1 Å². The topological polar surface area (TPSA) is 132 Å². The summed E-state index contributed by atoms with van der Waals surface area (Å²) in [6.07, 6.45) is 0. The molecule has 0 aliphatic rings. The van der Waals surface area contributed by atoms with Crippen molar-refractivity contribution < 1.29 is 18.9 Å². The van der Waals surface area contributed by atoms with Crippen molar-refractivity contribution in [1.29, 1.82) is 0 Å². The first-order valence-electron chi connectivity index (χ1n) is 8.41. The standard InChI is InChI=1S/C18H17N5O5S/c1-27-15-8-4-12(5-9-15)19-10-17-21-22-18(28-17)29-11-16(24)20-13-2-6-14(7-3-13)23(25)26/h2-9,19H,10-11H2,1H3,(H,20,24). The number of carbonyl (C=O) groups is 1. The highest BCUT2D eigenvalue weighted by Gasteiger charge is 2.11.